The fraction of sp³-hybridized carbons (Fsp3) is 0.639. The lowest BCUT2D eigenvalue weighted by Gasteiger charge is -2.36. The largest absolute Gasteiger partial charge is 0.508 e. The average Bonchev–Trinajstić information content (AvgIpc) is 3.50. The Kier molecular flexibility index (Phi) is 16.4. The maximum Gasteiger partial charge on any atom is 0.309 e. The third kappa shape index (κ3) is 13.3. The minimum atomic E-state index is -1.11. The number of unbranched alkanes of at least 4 members (excludes halogenated alkanes) is 4. The van der Waals surface area contributed by atoms with E-state index in [9.17, 15) is 29.4 Å². The molecule has 0 aliphatic rings. The molecule has 0 bridgehead atoms. The number of aromatic hydroxyl groups is 1. The van der Waals surface area contributed by atoms with Crippen molar-refractivity contribution in [3.63, 3.8) is 0 Å². The number of ether oxygens (including phenoxy) is 1. The number of nitrogens with zero attached hydrogens (tertiary/aromatic N) is 2. The number of carboxylic acids is 1. The van der Waals surface area contributed by atoms with Crippen molar-refractivity contribution in [1.29, 1.82) is 0 Å². The number of aliphatic carboxylic acids is 1. The maximum absolute atomic E-state index is 13.5. The van der Waals surface area contributed by atoms with Crippen LogP contribution in [-0.2, 0) is 25.5 Å². The number of aromatic nitrogens is 1. The summed E-state index contributed by atoms with van der Waals surface area (Å²) in [5.74, 6) is -1.61. The smallest absolute Gasteiger partial charge is 0.309 e. The van der Waals surface area contributed by atoms with E-state index in [-0.39, 0.29) is 35.7 Å². The zero-order valence-electron chi connectivity index (χ0n) is 29.2. The summed E-state index contributed by atoms with van der Waals surface area (Å²) in [5, 5.41) is 24.5. The van der Waals surface area contributed by atoms with Gasteiger partial charge < -0.3 is 25.2 Å². The van der Waals surface area contributed by atoms with E-state index in [0.29, 0.717) is 30.8 Å². The third-order valence-corrected chi connectivity index (χ3v) is 9.31. The van der Waals surface area contributed by atoms with Crippen LogP contribution in [0.4, 0.5) is 0 Å². The summed E-state index contributed by atoms with van der Waals surface area (Å²) in [6, 6.07) is 5.84. The molecule has 3 atom stereocenters. The van der Waals surface area contributed by atoms with Crippen LogP contribution in [-0.4, -0.2) is 62.5 Å². The molecule has 0 spiro atoms. The van der Waals surface area contributed by atoms with Crippen molar-refractivity contribution in [2.24, 2.45) is 11.3 Å². The van der Waals surface area contributed by atoms with Crippen molar-refractivity contribution < 1.29 is 34.1 Å². The second-order valence-corrected chi connectivity index (χ2v) is 14.3. The van der Waals surface area contributed by atoms with Gasteiger partial charge in [-0.15, -0.1) is 11.3 Å². The molecule has 0 fully saturated rings. The van der Waals surface area contributed by atoms with Gasteiger partial charge in [0.15, 0.2) is 6.10 Å². The lowest BCUT2D eigenvalue weighted by Crippen LogP contribution is -2.45. The number of carbonyl (C=O) groups excluding carboxylic acids is 3. The number of carboxylic acid groups (broad SMARTS) is 1. The molecule has 2 amide bonds. The van der Waals surface area contributed by atoms with Gasteiger partial charge in [-0.3, -0.25) is 19.2 Å². The van der Waals surface area contributed by atoms with Crippen LogP contribution in [0.15, 0.2) is 29.6 Å². The molecule has 2 rings (SSSR count). The van der Waals surface area contributed by atoms with E-state index < -0.39 is 35.4 Å². The van der Waals surface area contributed by atoms with Gasteiger partial charge in [-0.2, -0.15) is 0 Å². The minimum absolute atomic E-state index is 0.0887. The molecule has 3 N–H and O–H groups in total. The van der Waals surface area contributed by atoms with E-state index in [0.717, 1.165) is 44.1 Å². The molecule has 262 valence electrons. The number of hydrogen-bond acceptors (Lipinski definition) is 8. The van der Waals surface area contributed by atoms with Crippen LogP contribution >= 0.6 is 11.3 Å². The van der Waals surface area contributed by atoms with Gasteiger partial charge in [0.25, 0.3) is 5.91 Å². The van der Waals surface area contributed by atoms with E-state index in [1.165, 1.54) is 18.3 Å². The fourth-order valence-corrected chi connectivity index (χ4v) is 6.47. The Labute approximate surface area is 284 Å². The normalized spacial score (nSPS) is 13.5. The topological polar surface area (TPSA) is 146 Å². The molecule has 11 heteroatoms. The molecule has 0 unspecified atom stereocenters. The van der Waals surface area contributed by atoms with Crippen LogP contribution in [0.5, 0.6) is 5.75 Å². The molecule has 1 aromatic heterocycles. The molecule has 1 aromatic carbocycles. The van der Waals surface area contributed by atoms with Gasteiger partial charge in [0.2, 0.25) is 5.91 Å². The minimum Gasteiger partial charge on any atom is -0.508 e. The summed E-state index contributed by atoms with van der Waals surface area (Å²) in [5.41, 5.74) is -0.135. The second-order valence-electron chi connectivity index (χ2n) is 13.4. The number of rotatable bonds is 21. The number of carbonyl (C=O) groups is 4. The summed E-state index contributed by atoms with van der Waals surface area (Å²) in [7, 11) is 0. The molecule has 1 heterocycles. The zero-order chi connectivity index (χ0) is 35.1. The van der Waals surface area contributed by atoms with Crippen molar-refractivity contribution in [2.45, 2.75) is 131 Å². The molecule has 0 aliphatic carbocycles. The summed E-state index contributed by atoms with van der Waals surface area (Å²) in [6.07, 6.45) is 6.47. The molecule has 0 radical (unpaired) electrons. The van der Waals surface area contributed by atoms with Gasteiger partial charge in [-0.05, 0) is 63.1 Å². The highest BCUT2D eigenvalue weighted by atomic mass is 32.1. The van der Waals surface area contributed by atoms with Crippen molar-refractivity contribution in [3.05, 3.63) is 45.9 Å². The summed E-state index contributed by atoms with van der Waals surface area (Å²) >= 11 is 1.22. The first kappa shape index (κ1) is 39.7. The fourth-order valence-electron chi connectivity index (χ4n) is 5.63. The quantitative estimate of drug-likeness (QED) is 0.0924. The molecular weight excluding hydrogens is 618 g/mol. The number of benzene rings is 1. The third-order valence-electron chi connectivity index (χ3n) is 8.37. The standard InChI is InChI=1S/C36H55N3O7S/c1-8-10-12-13-19-39(32(42)14-11-9-2)30(24(3)4)21-31(46-25(5)40)34-38-29(23-47-34)33(43)37-27(22-36(6,7)35(44)45)20-26-15-17-28(41)18-16-26/h15-18,23-24,27,30-31,41H,8-14,19-22H2,1-7H3,(H,37,43)(H,44,45)/t27-,30+,31+/m0/s1. The molecule has 0 saturated heterocycles. The number of thiazole rings is 1. The maximum atomic E-state index is 13.5. The summed E-state index contributed by atoms with van der Waals surface area (Å²) in [6.45, 7) is 13.5. The van der Waals surface area contributed by atoms with Crippen molar-refractivity contribution in [2.75, 3.05) is 6.54 Å². The van der Waals surface area contributed by atoms with E-state index in [1.807, 2.05) is 4.90 Å². The highest BCUT2D eigenvalue weighted by molar-refractivity contribution is 7.09. The summed E-state index contributed by atoms with van der Waals surface area (Å²) < 4.78 is 5.78. The first-order valence-corrected chi connectivity index (χ1v) is 17.8. The first-order valence-electron chi connectivity index (χ1n) is 16.9. The van der Waals surface area contributed by atoms with Crippen LogP contribution in [0.3, 0.4) is 0 Å². The van der Waals surface area contributed by atoms with Crippen molar-refractivity contribution >= 4 is 35.1 Å². The van der Waals surface area contributed by atoms with Gasteiger partial charge in [0.1, 0.15) is 16.5 Å². The van der Waals surface area contributed by atoms with E-state index >= 15 is 0 Å². The summed E-state index contributed by atoms with van der Waals surface area (Å²) in [4.78, 5) is 57.7. The predicted molar refractivity (Wildman–Crippen MR) is 184 cm³/mol. The Morgan fingerprint density at radius 3 is 2.26 bits per heavy atom. The van der Waals surface area contributed by atoms with Crippen molar-refractivity contribution in [3.8, 4) is 5.75 Å². The molecule has 10 nitrogen and oxygen atoms in total. The molecule has 0 saturated carbocycles. The number of phenolic OH excluding ortho intramolecular Hbond substituents is 1. The van der Waals surface area contributed by atoms with Gasteiger partial charge in [-0.1, -0.05) is 65.5 Å². The zero-order valence-corrected chi connectivity index (χ0v) is 30.0. The lowest BCUT2D eigenvalue weighted by molar-refractivity contribution is -0.149. The van der Waals surface area contributed by atoms with Gasteiger partial charge >= 0.3 is 11.9 Å². The highest BCUT2D eigenvalue weighted by Gasteiger charge is 2.34. The Bertz CT molecular complexity index is 1290. The van der Waals surface area contributed by atoms with Crippen LogP contribution in [0.1, 0.15) is 133 Å². The predicted octanol–water partition coefficient (Wildman–Crippen LogP) is 7.31. The van der Waals surface area contributed by atoms with Gasteiger partial charge in [0, 0.05) is 43.8 Å². The number of phenols is 1. The number of esters is 1. The van der Waals surface area contributed by atoms with Gasteiger partial charge in [0.05, 0.1) is 5.41 Å². The van der Waals surface area contributed by atoms with Crippen LogP contribution in [0.25, 0.3) is 0 Å². The van der Waals surface area contributed by atoms with Crippen LogP contribution < -0.4 is 5.32 Å². The van der Waals surface area contributed by atoms with E-state index in [2.05, 4.69) is 38.0 Å². The van der Waals surface area contributed by atoms with Crippen LogP contribution in [0.2, 0.25) is 0 Å². The Morgan fingerprint density at radius 1 is 1.02 bits per heavy atom. The van der Waals surface area contributed by atoms with Crippen molar-refractivity contribution in [1.82, 2.24) is 15.2 Å². The van der Waals surface area contributed by atoms with Crippen LogP contribution in [0, 0.1) is 11.3 Å². The SMILES string of the molecule is CCCCCCN(C(=O)CCCC)[C@H](C[C@@H](OC(C)=O)c1nc(C(=O)N[C@@H](Cc2ccc(O)cc2)CC(C)(C)C(=O)O)cs1)C(C)C. The molecule has 0 aliphatic heterocycles. The van der Waals surface area contributed by atoms with E-state index in [1.54, 1.807) is 43.5 Å². The number of amides is 2. The number of hydrogen-bond donors (Lipinski definition) is 3. The van der Waals surface area contributed by atoms with Gasteiger partial charge in [-0.25, -0.2) is 4.98 Å². The average molecular weight is 674 g/mol. The monoisotopic (exact) mass is 673 g/mol. The highest BCUT2D eigenvalue weighted by Crippen LogP contribution is 2.32. The Hall–Kier alpha value is -3.47. The van der Waals surface area contributed by atoms with E-state index in [4.69, 9.17) is 4.74 Å². The molecule has 2 aromatic rings. The first-order chi connectivity index (χ1) is 22.2. The number of nitrogens with one attached hydrogen (secondary N) is 1. The molecule has 47 heavy (non-hydrogen) atoms. The lowest BCUT2D eigenvalue weighted by atomic mass is 9.84. The Balaban J connectivity index is 2.33. The Morgan fingerprint density at radius 2 is 1.68 bits per heavy atom. The molecular formula is C36H55N3O7S. The second kappa shape index (κ2) is 19.4.